The second kappa shape index (κ2) is 6.02. The van der Waals surface area contributed by atoms with Crippen LogP contribution in [0.15, 0.2) is 16.6 Å². The summed E-state index contributed by atoms with van der Waals surface area (Å²) in [5.41, 5.74) is 7.23. The Kier molecular flexibility index (Phi) is 4.32. The van der Waals surface area contributed by atoms with Crippen LogP contribution in [0.25, 0.3) is 0 Å². The van der Waals surface area contributed by atoms with Crippen LogP contribution in [0, 0.1) is 11.7 Å². The summed E-state index contributed by atoms with van der Waals surface area (Å²) in [6.07, 6.45) is 7.69. The zero-order valence-corrected chi connectivity index (χ0v) is 13.3. The van der Waals surface area contributed by atoms with Crippen molar-refractivity contribution in [3.8, 4) is 0 Å². The van der Waals surface area contributed by atoms with E-state index in [1.165, 1.54) is 38.5 Å². The monoisotopic (exact) mass is 340 g/mol. The first kappa shape index (κ1) is 14.3. The molecule has 20 heavy (non-hydrogen) atoms. The van der Waals surface area contributed by atoms with Gasteiger partial charge in [-0.2, -0.15) is 0 Å². The molecule has 0 aromatic heterocycles. The lowest BCUT2D eigenvalue weighted by atomic mass is 9.95. The van der Waals surface area contributed by atoms with Crippen molar-refractivity contribution in [1.29, 1.82) is 0 Å². The summed E-state index contributed by atoms with van der Waals surface area (Å²) in [7, 11) is 0. The molecule has 2 N–H and O–H groups in total. The number of nitrogens with zero attached hydrogens (tertiary/aromatic N) is 1. The number of anilines is 1. The third-order valence-electron chi connectivity index (χ3n) is 4.91. The molecule has 2 nitrogen and oxygen atoms in total. The molecule has 3 rings (SSSR count). The minimum Gasteiger partial charge on any atom is -0.366 e. The highest BCUT2D eigenvalue weighted by molar-refractivity contribution is 9.10. The van der Waals surface area contributed by atoms with E-state index in [9.17, 15) is 4.39 Å². The fraction of sp³-hybridized carbons (Fsp3) is 0.625. The molecule has 0 spiro atoms. The van der Waals surface area contributed by atoms with Gasteiger partial charge >= 0.3 is 0 Å². The lowest BCUT2D eigenvalue weighted by Crippen LogP contribution is -2.35. The average Bonchev–Trinajstić information content (AvgIpc) is 3.11. The van der Waals surface area contributed by atoms with Crippen LogP contribution < -0.4 is 10.6 Å². The van der Waals surface area contributed by atoms with Gasteiger partial charge < -0.3 is 10.6 Å². The molecule has 1 aromatic carbocycles. The highest BCUT2D eigenvalue weighted by Crippen LogP contribution is 2.40. The number of rotatable bonds is 3. The second-order valence-corrected chi connectivity index (χ2v) is 6.82. The zero-order valence-electron chi connectivity index (χ0n) is 11.7. The van der Waals surface area contributed by atoms with Gasteiger partial charge in [0.15, 0.2) is 5.82 Å². The Hall–Kier alpha value is -0.610. The summed E-state index contributed by atoms with van der Waals surface area (Å²) in [6, 6.07) is 4.39. The maximum atomic E-state index is 14.6. The van der Waals surface area contributed by atoms with Crippen LogP contribution in [-0.4, -0.2) is 12.6 Å². The van der Waals surface area contributed by atoms with Gasteiger partial charge in [-0.1, -0.05) is 18.9 Å². The molecule has 0 bridgehead atoms. The fourth-order valence-corrected chi connectivity index (χ4v) is 4.38. The molecule has 110 valence electrons. The van der Waals surface area contributed by atoms with Crippen molar-refractivity contribution in [2.75, 3.05) is 11.4 Å². The van der Waals surface area contributed by atoms with Gasteiger partial charge in [0.1, 0.15) is 0 Å². The topological polar surface area (TPSA) is 29.3 Å². The smallest absolute Gasteiger partial charge is 0.160 e. The van der Waals surface area contributed by atoms with E-state index < -0.39 is 0 Å². The predicted octanol–water partition coefficient (Wildman–Crippen LogP) is 4.21. The van der Waals surface area contributed by atoms with E-state index in [2.05, 4.69) is 20.8 Å². The van der Waals surface area contributed by atoms with Crippen molar-refractivity contribution < 1.29 is 4.39 Å². The van der Waals surface area contributed by atoms with Crippen LogP contribution in [0.4, 0.5) is 10.1 Å². The second-order valence-electron chi connectivity index (χ2n) is 6.02. The summed E-state index contributed by atoms with van der Waals surface area (Å²) >= 11 is 3.36. The molecule has 1 heterocycles. The molecule has 0 radical (unpaired) electrons. The maximum Gasteiger partial charge on any atom is 0.160 e. The van der Waals surface area contributed by atoms with E-state index in [0.29, 0.717) is 17.1 Å². The Labute approximate surface area is 128 Å². The Bertz CT molecular complexity index is 486. The molecule has 2 aliphatic rings. The molecular formula is C16H22BrFN2. The molecule has 2 fully saturated rings. The quantitative estimate of drug-likeness (QED) is 0.893. The van der Waals surface area contributed by atoms with Gasteiger partial charge in [-0.15, -0.1) is 0 Å². The summed E-state index contributed by atoms with van der Waals surface area (Å²) in [5.74, 6) is 0.614. The molecule has 1 saturated carbocycles. The number of hydrogen-bond acceptors (Lipinski definition) is 2. The Morgan fingerprint density at radius 3 is 2.65 bits per heavy atom. The molecule has 1 aromatic rings. The molecule has 1 aliphatic heterocycles. The van der Waals surface area contributed by atoms with E-state index in [0.717, 1.165) is 23.7 Å². The molecule has 1 aliphatic carbocycles. The first-order chi connectivity index (χ1) is 9.72. The number of nitrogens with two attached hydrogens (primary N) is 1. The number of halogens is 2. The van der Waals surface area contributed by atoms with Crippen molar-refractivity contribution in [1.82, 2.24) is 0 Å². The van der Waals surface area contributed by atoms with Gasteiger partial charge in [-0.05, 0) is 59.2 Å². The molecular weight excluding hydrogens is 319 g/mol. The highest BCUT2D eigenvalue weighted by atomic mass is 79.9. The molecule has 0 amide bonds. The molecule has 1 unspecified atom stereocenters. The van der Waals surface area contributed by atoms with Gasteiger partial charge in [-0.25, -0.2) is 4.39 Å². The molecule has 1 saturated heterocycles. The summed E-state index contributed by atoms with van der Waals surface area (Å²) in [5, 5.41) is 0. The Balaban J connectivity index is 1.89. The predicted molar refractivity (Wildman–Crippen MR) is 84.3 cm³/mol. The first-order valence-corrected chi connectivity index (χ1v) is 8.45. The fourth-order valence-electron chi connectivity index (χ4n) is 3.88. The van der Waals surface area contributed by atoms with E-state index in [4.69, 9.17) is 5.73 Å². The van der Waals surface area contributed by atoms with Crippen LogP contribution in [0.2, 0.25) is 0 Å². The van der Waals surface area contributed by atoms with E-state index in [1.54, 1.807) is 0 Å². The van der Waals surface area contributed by atoms with Crippen LogP contribution in [0.1, 0.15) is 44.1 Å². The van der Waals surface area contributed by atoms with Crippen LogP contribution in [0.3, 0.4) is 0 Å². The van der Waals surface area contributed by atoms with Crippen molar-refractivity contribution in [3.05, 3.63) is 28.0 Å². The SMILES string of the molecule is NCc1ccc(N2CCCC2C2CCCC2)c(F)c1Br. The van der Waals surface area contributed by atoms with Crippen molar-refractivity contribution in [2.24, 2.45) is 11.7 Å². The lowest BCUT2D eigenvalue weighted by Gasteiger charge is -2.32. The van der Waals surface area contributed by atoms with Crippen LogP contribution in [-0.2, 0) is 6.54 Å². The average molecular weight is 341 g/mol. The van der Waals surface area contributed by atoms with Gasteiger partial charge in [-0.3, -0.25) is 0 Å². The van der Waals surface area contributed by atoms with Gasteiger partial charge in [0.2, 0.25) is 0 Å². The van der Waals surface area contributed by atoms with Crippen molar-refractivity contribution >= 4 is 21.6 Å². The van der Waals surface area contributed by atoms with Crippen molar-refractivity contribution in [3.63, 3.8) is 0 Å². The minimum atomic E-state index is -0.141. The Morgan fingerprint density at radius 2 is 1.95 bits per heavy atom. The third kappa shape index (κ3) is 2.48. The summed E-state index contributed by atoms with van der Waals surface area (Å²) in [4.78, 5) is 2.30. The maximum absolute atomic E-state index is 14.6. The standard InChI is InChI=1S/C16H22BrFN2/c17-15-12(10-19)7-8-14(16(15)18)20-9-3-6-13(20)11-4-1-2-5-11/h7-8,11,13H,1-6,9-10,19H2. The van der Waals surface area contributed by atoms with E-state index in [-0.39, 0.29) is 5.82 Å². The lowest BCUT2D eigenvalue weighted by molar-refractivity contribution is 0.427. The Morgan fingerprint density at radius 1 is 1.20 bits per heavy atom. The van der Waals surface area contributed by atoms with E-state index in [1.807, 2.05) is 12.1 Å². The van der Waals surface area contributed by atoms with Gasteiger partial charge in [0, 0.05) is 19.1 Å². The third-order valence-corrected chi connectivity index (χ3v) is 5.77. The van der Waals surface area contributed by atoms with Gasteiger partial charge in [0.05, 0.1) is 10.2 Å². The van der Waals surface area contributed by atoms with Gasteiger partial charge in [0.25, 0.3) is 0 Å². The normalized spacial score (nSPS) is 23.8. The largest absolute Gasteiger partial charge is 0.366 e. The number of benzene rings is 1. The highest BCUT2D eigenvalue weighted by Gasteiger charge is 2.34. The van der Waals surface area contributed by atoms with Crippen LogP contribution in [0.5, 0.6) is 0 Å². The summed E-state index contributed by atoms with van der Waals surface area (Å²) < 4.78 is 15.2. The van der Waals surface area contributed by atoms with Crippen LogP contribution >= 0.6 is 15.9 Å². The zero-order chi connectivity index (χ0) is 14.1. The molecule has 4 heteroatoms. The summed E-state index contributed by atoms with van der Waals surface area (Å²) in [6.45, 7) is 1.34. The first-order valence-electron chi connectivity index (χ1n) is 7.66. The van der Waals surface area contributed by atoms with E-state index >= 15 is 0 Å². The number of hydrogen-bond donors (Lipinski definition) is 1. The molecule has 1 atom stereocenters. The minimum absolute atomic E-state index is 0.141. The van der Waals surface area contributed by atoms with Crippen molar-refractivity contribution in [2.45, 2.75) is 51.1 Å².